The molecule has 0 spiro atoms. The number of aliphatic hydroxyl groups excluding tert-OH is 1. The van der Waals surface area contributed by atoms with Crippen molar-refractivity contribution in [2.75, 3.05) is 5.32 Å². The van der Waals surface area contributed by atoms with E-state index in [4.69, 9.17) is 5.11 Å². The van der Waals surface area contributed by atoms with Crippen molar-refractivity contribution >= 4 is 5.69 Å². The third kappa shape index (κ3) is 1.95. The number of anilines is 1. The molecule has 0 bridgehead atoms. The van der Waals surface area contributed by atoms with E-state index >= 15 is 0 Å². The molecule has 0 radical (unpaired) electrons. The van der Waals surface area contributed by atoms with Gasteiger partial charge in [-0.3, -0.25) is 0 Å². The van der Waals surface area contributed by atoms with Gasteiger partial charge < -0.3 is 10.4 Å². The zero-order valence-electron chi connectivity index (χ0n) is 8.26. The van der Waals surface area contributed by atoms with Crippen LogP contribution < -0.4 is 5.32 Å². The standard InChI is InChI=1S/C11H13F2NO/c12-10-7(6-15)4-5-9(11(10)13)14-8-2-1-3-8/h4-5,8,14-15H,1-3,6H2. The lowest BCUT2D eigenvalue weighted by molar-refractivity contribution is 0.273. The predicted octanol–water partition coefficient (Wildman–Crippen LogP) is 2.42. The summed E-state index contributed by atoms with van der Waals surface area (Å²) in [6.07, 6.45) is 3.14. The Balaban J connectivity index is 2.20. The summed E-state index contributed by atoms with van der Waals surface area (Å²) in [6.45, 7) is -0.480. The summed E-state index contributed by atoms with van der Waals surface area (Å²) in [5.41, 5.74) is 0.182. The number of aliphatic hydroxyl groups is 1. The van der Waals surface area contributed by atoms with Crippen LogP contribution in [0.2, 0.25) is 0 Å². The first-order chi connectivity index (χ1) is 7.22. The Hall–Kier alpha value is -1.16. The van der Waals surface area contributed by atoms with E-state index in [1.807, 2.05) is 0 Å². The van der Waals surface area contributed by atoms with Crippen molar-refractivity contribution in [1.82, 2.24) is 0 Å². The number of halogens is 2. The van der Waals surface area contributed by atoms with Gasteiger partial charge in [0.1, 0.15) is 0 Å². The Bertz CT molecular complexity index is 364. The predicted molar refractivity (Wildman–Crippen MR) is 53.5 cm³/mol. The monoisotopic (exact) mass is 213 g/mol. The quantitative estimate of drug-likeness (QED) is 0.808. The molecule has 1 saturated carbocycles. The van der Waals surface area contributed by atoms with Crippen LogP contribution in [-0.2, 0) is 6.61 Å². The fourth-order valence-electron chi connectivity index (χ4n) is 1.60. The van der Waals surface area contributed by atoms with E-state index in [0.29, 0.717) is 0 Å². The van der Waals surface area contributed by atoms with Crippen LogP contribution in [-0.4, -0.2) is 11.1 Å². The summed E-state index contributed by atoms with van der Waals surface area (Å²) in [6, 6.07) is 3.14. The van der Waals surface area contributed by atoms with Gasteiger partial charge in [0.25, 0.3) is 0 Å². The summed E-state index contributed by atoms with van der Waals surface area (Å²) >= 11 is 0. The zero-order chi connectivity index (χ0) is 10.8. The topological polar surface area (TPSA) is 32.3 Å². The van der Waals surface area contributed by atoms with Crippen molar-refractivity contribution in [1.29, 1.82) is 0 Å². The van der Waals surface area contributed by atoms with Crippen LogP contribution in [0.3, 0.4) is 0 Å². The van der Waals surface area contributed by atoms with Crippen molar-refractivity contribution in [2.45, 2.75) is 31.9 Å². The molecule has 4 heteroatoms. The molecule has 1 aliphatic rings. The lowest BCUT2D eigenvalue weighted by atomic mass is 9.93. The van der Waals surface area contributed by atoms with Crippen molar-refractivity contribution < 1.29 is 13.9 Å². The van der Waals surface area contributed by atoms with Gasteiger partial charge in [0.2, 0.25) is 0 Å². The van der Waals surface area contributed by atoms with Crippen LogP contribution in [0.5, 0.6) is 0 Å². The van der Waals surface area contributed by atoms with Crippen LogP contribution in [0.4, 0.5) is 14.5 Å². The van der Waals surface area contributed by atoms with Crippen LogP contribution in [0.25, 0.3) is 0 Å². The van der Waals surface area contributed by atoms with Gasteiger partial charge in [-0.25, -0.2) is 8.78 Å². The minimum absolute atomic E-state index is 0.00772. The second-order valence-electron chi connectivity index (χ2n) is 3.83. The Morgan fingerprint density at radius 3 is 2.53 bits per heavy atom. The molecule has 0 heterocycles. The fourth-order valence-corrected chi connectivity index (χ4v) is 1.60. The highest BCUT2D eigenvalue weighted by Gasteiger charge is 2.20. The molecule has 15 heavy (non-hydrogen) atoms. The van der Waals surface area contributed by atoms with Crippen molar-refractivity contribution in [3.63, 3.8) is 0 Å². The summed E-state index contributed by atoms with van der Waals surface area (Å²) in [4.78, 5) is 0. The molecule has 0 atom stereocenters. The highest BCUT2D eigenvalue weighted by Crippen LogP contribution is 2.26. The molecule has 1 aromatic rings. The van der Waals surface area contributed by atoms with Crippen molar-refractivity contribution in [2.24, 2.45) is 0 Å². The van der Waals surface area contributed by atoms with Gasteiger partial charge >= 0.3 is 0 Å². The number of hydrogen-bond acceptors (Lipinski definition) is 2. The molecule has 0 saturated heterocycles. The van der Waals surface area contributed by atoms with Crippen LogP contribution in [0.1, 0.15) is 24.8 Å². The van der Waals surface area contributed by atoms with Gasteiger partial charge in [0.05, 0.1) is 12.3 Å². The molecule has 0 aliphatic heterocycles. The maximum absolute atomic E-state index is 13.4. The van der Waals surface area contributed by atoms with Crippen molar-refractivity contribution in [3.8, 4) is 0 Å². The first kappa shape index (κ1) is 10.4. The molecule has 2 nitrogen and oxygen atoms in total. The molecule has 2 N–H and O–H groups in total. The Labute approximate surface area is 86.9 Å². The average Bonchev–Trinajstić information content (AvgIpc) is 2.18. The summed E-state index contributed by atoms with van der Waals surface area (Å²) in [5, 5.41) is 11.7. The second kappa shape index (κ2) is 4.14. The summed E-state index contributed by atoms with van der Waals surface area (Å²) in [5.74, 6) is -1.85. The van der Waals surface area contributed by atoms with Gasteiger partial charge in [-0.05, 0) is 25.3 Å². The highest BCUT2D eigenvalue weighted by molar-refractivity contribution is 5.48. The molecule has 0 amide bonds. The first-order valence-electron chi connectivity index (χ1n) is 5.06. The van der Waals surface area contributed by atoms with Crippen LogP contribution in [0.15, 0.2) is 12.1 Å². The molecule has 2 rings (SSSR count). The highest BCUT2D eigenvalue weighted by atomic mass is 19.2. The van der Waals surface area contributed by atoms with Gasteiger partial charge in [-0.15, -0.1) is 0 Å². The Morgan fingerprint density at radius 2 is 2.00 bits per heavy atom. The van der Waals surface area contributed by atoms with Crippen LogP contribution in [0, 0.1) is 11.6 Å². The van der Waals surface area contributed by atoms with E-state index in [1.54, 1.807) is 0 Å². The number of benzene rings is 1. The third-order valence-electron chi connectivity index (χ3n) is 2.80. The molecule has 1 aliphatic carbocycles. The Morgan fingerprint density at radius 1 is 1.27 bits per heavy atom. The average molecular weight is 213 g/mol. The van der Waals surface area contributed by atoms with Gasteiger partial charge in [-0.1, -0.05) is 6.07 Å². The first-order valence-corrected chi connectivity index (χ1v) is 5.06. The number of rotatable bonds is 3. The third-order valence-corrected chi connectivity index (χ3v) is 2.80. The van der Waals surface area contributed by atoms with Gasteiger partial charge in [0.15, 0.2) is 11.6 Å². The maximum Gasteiger partial charge on any atom is 0.182 e. The van der Waals surface area contributed by atoms with E-state index < -0.39 is 18.2 Å². The molecule has 0 unspecified atom stereocenters. The van der Waals surface area contributed by atoms with Gasteiger partial charge in [-0.2, -0.15) is 0 Å². The smallest absolute Gasteiger partial charge is 0.182 e. The molecule has 82 valence electrons. The lowest BCUT2D eigenvalue weighted by Crippen LogP contribution is -2.27. The number of nitrogens with one attached hydrogen (secondary N) is 1. The van der Waals surface area contributed by atoms with E-state index in [9.17, 15) is 8.78 Å². The summed E-state index contributed by atoms with van der Waals surface area (Å²) in [7, 11) is 0. The molecule has 1 fully saturated rings. The maximum atomic E-state index is 13.4. The Kier molecular flexibility index (Phi) is 2.86. The summed E-state index contributed by atoms with van der Waals surface area (Å²) < 4.78 is 26.7. The minimum Gasteiger partial charge on any atom is -0.392 e. The van der Waals surface area contributed by atoms with Gasteiger partial charge in [0, 0.05) is 11.6 Å². The molecule has 1 aromatic carbocycles. The molecule has 0 aromatic heterocycles. The number of hydrogen-bond donors (Lipinski definition) is 2. The van der Waals surface area contributed by atoms with Crippen molar-refractivity contribution in [3.05, 3.63) is 29.3 Å². The zero-order valence-corrected chi connectivity index (χ0v) is 8.26. The van der Waals surface area contributed by atoms with E-state index in [-0.39, 0.29) is 17.3 Å². The minimum atomic E-state index is -0.957. The van der Waals surface area contributed by atoms with E-state index in [1.165, 1.54) is 12.1 Å². The van der Waals surface area contributed by atoms with Crippen LogP contribution >= 0.6 is 0 Å². The normalized spacial score (nSPS) is 16.2. The lowest BCUT2D eigenvalue weighted by Gasteiger charge is -2.27. The fraction of sp³-hybridized carbons (Fsp3) is 0.455. The van der Waals surface area contributed by atoms with E-state index in [0.717, 1.165) is 19.3 Å². The second-order valence-corrected chi connectivity index (χ2v) is 3.83. The molecular weight excluding hydrogens is 200 g/mol. The molecular formula is C11H13F2NO. The largest absolute Gasteiger partial charge is 0.392 e. The van der Waals surface area contributed by atoms with E-state index in [2.05, 4.69) is 5.32 Å². The SMILES string of the molecule is OCc1ccc(NC2CCC2)c(F)c1F.